The number of fused-ring (bicyclic) bond motifs is 1. The van der Waals surface area contributed by atoms with Gasteiger partial charge in [-0.15, -0.1) is 0 Å². The molecule has 4 heteroatoms. The molecule has 2 saturated carbocycles. The molecule has 0 aliphatic heterocycles. The van der Waals surface area contributed by atoms with E-state index >= 15 is 0 Å². The van der Waals surface area contributed by atoms with E-state index in [2.05, 4.69) is 17.2 Å². The summed E-state index contributed by atoms with van der Waals surface area (Å²) in [5.74, 6) is 7.98. The van der Waals surface area contributed by atoms with E-state index in [1.54, 1.807) is 7.11 Å². The minimum Gasteiger partial charge on any atom is -0.495 e. The van der Waals surface area contributed by atoms with Crippen LogP contribution < -0.4 is 15.8 Å². The molecule has 2 unspecified atom stereocenters. The first-order chi connectivity index (χ1) is 10.2. The normalized spacial score (nSPS) is 25.5. The first-order valence-corrected chi connectivity index (χ1v) is 7.42. The molecule has 4 nitrogen and oxygen atoms in total. The molecule has 2 aliphatic rings. The van der Waals surface area contributed by atoms with Crippen LogP contribution in [-0.2, 0) is 4.79 Å². The molecule has 3 rings (SSSR count). The van der Waals surface area contributed by atoms with Crippen molar-refractivity contribution in [1.29, 1.82) is 0 Å². The number of benzene rings is 1. The van der Waals surface area contributed by atoms with Gasteiger partial charge in [-0.25, -0.2) is 0 Å². The van der Waals surface area contributed by atoms with E-state index in [9.17, 15) is 4.79 Å². The third-order valence-electron chi connectivity index (χ3n) is 4.50. The number of anilines is 1. The maximum absolute atomic E-state index is 12.4. The van der Waals surface area contributed by atoms with E-state index in [4.69, 9.17) is 10.5 Å². The van der Waals surface area contributed by atoms with Crippen LogP contribution in [-0.4, -0.2) is 19.6 Å². The third-order valence-corrected chi connectivity index (χ3v) is 4.50. The lowest BCUT2D eigenvalue weighted by Gasteiger charge is -2.11. The molecule has 0 saturated heterocycles. The SMILES string of the molecule is COc1ccc(C#CCN)cc1NC(=O)C1C2CCCC21. The predicted molar refractivity (Wildman–Crippen MR) is 81.9 cm³/mol. The van der Waals surface area contributed by atoms with Gasteiger partial charge < -0.3 is 15.8 Å². The summed E-state index contributed by atoms with van der Waals surface area (Å²) in [7, 11) is 1.60. The van der Waals surface area contributed by atoms with E-state index in [1.165, 1.54) is 19.3 Å². The first kappa shape index (κ1) is 14.0. The molecule has 0 bridgehead atoms. The maximum atomic E-state index is 12.4. The van der Waals surface area contributed by atoms with Crippen molar-refractivity contribution in [3.05, 3.63) is 23.8 Å². The van der Waals surface area contributed by atoms with E-state index in [1.807, 2.05) is 18.2 Å². The lowest BCUT2D eigenvalue weighted by atomic mass is 10.1. The van der Waals surface area contributed by atoms with Crippen LogP contribution in [0.15, 0.2) is 18.2 Å². The van der Waals surface area contributed by atoms with E-state index in [0.717, 1.165) is 5.56 Å². The van der Waals surface area contributed by atoms with Gasteiger partial charge in [0.1, 0.15) is 5.75 Å². The fourth-order valence-electron chi connectivity index (χ4n) is 3.46. The van der Waals surface area contributed by atoms with E-state index < -0.39 is 0 Å². The molecule has 21 heavy (non-hydrogen) atoms. The summed E-state index contributed by atoms with van der Waals surface area (Å²) in [6.07, 6.45) is 3.66. The van der Waals surface area contributed by atoms with Gasteiger partial charge >= 0.3 is 0 Å². The third kappa shape index (κ3) is 2.74. The Labute approximate surface area is 125 Å². The molecular weight excluding hydrogens is 264 g/mol. The minimum absolute atomic E-state index is 0.118. The van der Waals surface area contributed by atoms with Crippen molar-refractivity contribution in [3.63, 3.8) is 0 Å². The smallest absolute Gasteiger partial charge is 0.228 e. The molecule has 0 aromatic heterocycles. The number of nitrogens with one attached hydrogen (secondary N) is 1. The topological polar surface area (TPSA) is 64.3 Å². The van der Waals surface area contributed by atoms with E-state index in [0.29, 0.717) is 29.8 Å². The zero-order valence-electron chi connectivity index (χ0n) is 12.2. The summed E-state index contributed by atoms with van der Waals surface area (Å²) in [6, 6.07) is 5.53. The van der Waals surface area contributed by atoms with Gasteiger partial charge in [-0.3, -0.25) is 4.79 Å². The van der Waals surface area contributed by atoms with Crippen LogP contribution in [0.3, 0.4) is 0 Å². The summed E-state index contributed by atoms with van der Waals surface area (Å²) >= 11 is 0. The van der Waals surface area contributed by atoms with Gasteiger partial charge in [-0.05, 0) is 42.9 Å². The van der Waals surface area contributed by atoms with Gasteiger partial charge in [-0.1, -0.05) is 18.3 Å². The number of rotatable bonds is 3. The maximum Gasteiger partial charge on any atom is 0.228 e. The fraction of sp³-hybridized carbons (Fsp3) is 0.471. The summed E-state index contributed by atoms with van der Waals surface area (Å²) in [6.45, 7) is 0.319. The van der Waals surface area contributed by atoms with Gasteiger partial charge in [0.05, 0.1) is 19.3 Å². The Bertz CT molecular complexity index is 605. The summed E-state index contributed by atoms with van der Waals surface area (Å²) in [4.78, 5) is 12.4. The highest BCUT2D eigenvalue weighted by molar-refractivity contribution is 5.96. The van der Waals surface area contributed by atoms with Crippen molar-refractivity contribution in [2.75, 3.05) is 19.0 Å². The highest BCUT2D eigenvalue weighted by Gasteiger charge is 2.56. The summed E-state index contributed by atoms with van der Waals surface area (Å²) in [5, 5.41) is 3.01. The Kier molecular flexibility index (Phi) is 3.85. The number of carbonyl (C=O) groups excluding carboxylic acids is 1. The summed E-state index contributed by atoms with van der Waals surface area (Å²) in [5.41, 5.74) is 6.90. The Hall–Kier alpha value is -1.99. The number of amides is 1. The second-order valence-electron chi connectivity index (χ2n) is 5.69. The molecule has 2 atom stereocenters. The molecule has 0 spiro atoms. The van der Waals surface area contributed by atoms with Gasteiger partial charge in [0, 0.05) is 11.5 Å². The number of hydrogen-bond donors (Lipinski definition) is 2. The molecule has 1 amide bonds. The number of methoxy groups -OCH3 is 1. The Balaban J connectivity index is 1.75. The number of carbonyl (C=O) groups is 1. The van der Waals surface area contributed by atoms with Crippen LogP contribution in [0.5, 0.6) is 5.75 Å². The Morgan fingerprint density at radius 2 is 2.19 bits per heavy atom. The second-order valence-corrected chi connectivity index (χ2v) is 5.69. The van der Waals surface area contributed by atoms with Crippen molar-refractivity contribution < 1.29 is 9.53 Å². The lowest BCUT2D eigenvalue weighted by Crippen LogP contribution is -2.17. The van der Waals surface area contributed by atoms with Crippen molar-refractivity contribution in [3.8, 4) is 17.6 Å². The number of nitrogens with two attached hydrogens (primary N) is 1. The molecule has 0 heterocycles. The molecule has 110 valence electrons. The number of ether oxygens (including phenoxy) is 1. The van der Waals surface area contributed by atoms with Crippen molar-refractivity contribution in [2.24, 2.45) is 23.5 Å². The van der Waals surface area contributed by atoms with Crippen molar-refractivity contribution in [1.82, 2.24) is 0 Å². The average Bonchev–Trinajstić information content (AvgIpc) is 2.99. The van der Waals surface area contributed by atoms with Crippen LogP contribution in [0.25, 0.3) is 0 Å². The van der Waals surface area contributed by atoms with Gasteiger partial charge in [0.25, 0.3) is 0 Å². The highest BCUT2D eigenvalue weighted by atomic mass is 16.5. The highest BCUT2D eigenvalue weighted by Crippen LogP contribution is 2.57. The second kappa shape index (κ2) is 5.79. The Morgan fingerprint density at radius 3 is 2.86 bits per heavy atom. The molecule has 1 aromatic carbocycles. The van der Waals surface area contributed by atoms with E-state index in [-0.39, 0.29) is 11.8 Å². The molecular formula is C17H20N2O2. The van der Waals surface area contributed by atoms with Crippen molar-refractivity contribution >= 4 is 11.6 Å². The van der Waals surface area contributed by atoms with Crippen LogP contribution in [0.4, 0.5) is 5.69 Å². The zero-order valence-corrected chi connectivity index (χ0v) is 12.2. The molecule has 2 fully saturated rings. The number of hydrogen-bond acceptors (Lipinski definition) is 3. The lowest BCUT2D eigenvalue weighted by molar-refractivity contribution is -0.118. The van der Waals surface area contributed by atoms with Gasteiger partial charge in [-0.2, -0.15) is 0 Å². The standard InChI is InChI=1S/C17H20N2O2/c1-21-15-8-7-11(4-3-9-18)10-14(15)19-17(20)16-12-5-2-6-13(12)16/h7-8,10,12-13,16H,2,5-6,9,18H2,1H3,(H,19,20). The quantitative estimate of drug-likeness (QED) is 0.834. The predicted octanol–water partition coefficient (Wildman–Crippen LogP) is 1.99. The fourth-order valence-corrected chi connectivity index (χ4v) is 3.46. The zero-order chi connectivity index (χ0) is 14.8. The first-order valence-electron chi connectivity index (χ1n) is 7.42. The largest absolute Gasteiger partial charge is 0.495 e. The molecule has 1 aromatic rings. The molecule has 0 radical (unpaired) electrons. The van der Waals surface area contributed by atoms with Gasteiger partial charge in [0.2, 0.25) is 5.91 Å². The minimum atomic E-state index is 0.118. The Morgan fingerprint density at radius 1 is 1.43 bits per heavy atom. The van der Waals surface area contributed by atoms with Crippen molar-refractivity contribution in [2.45, 2.75) is 19.3 Å². The monoisotopic (exact) mass is 284 g/mol. The van der Waals surface area contributed by atoms with Crippen LogP contribution >= 0.6 is 0 Å². The average molecular weight is 284 g/mol. The molecule has 3 N–H and O–H groups in total. The van der Waals surface area contributed by atoms with Crippen LogP contribution in [0.2, 0.25) is 0 Å². The van der Waals surface area contributed by atoms with Crippen LogP contribution in [0.1, 0.15) is 24.8 Å². The van der Waals surface area contributed by atoms with Gasteiger partial charge in [0.15, 0.2) is 0 Å². The van der Waals surface area contributed by atoms with Crippen LogP contribution in [0, 0.1) is 29.6 Å². The molecule has 2 aliphatic carbocycles. The summed E-state index contributed by atoms with van der Waals surface area (Å²) < 4.78 is 5.31.